The van der Waals surface area contributed by atoms with Crippen LogP contribution >= 0.6 is 34.5 Å². The van der Waals surface area contributed by atoms with E-state index in [9.17, 15) is 0 Å². The number of aryl methyl sites for hydroxylation is 1. The number of aromatic nitrogens is 1. The molecule has 1 N–H and O–H groups in total. The van der Waals surface area contributed by atoms with E-state index in [2.05, 4.69) is 17.2 Å². The van der Waals surface area contributed by atoms with Crippen LogP contribution in [0.4, 0.5) is 5.69 Å². The van der Waals surface area contributed by atoms with Gasteiger partial charge in [-0.2, -0.15) is 0 Å². The Morgan fingerprint density at radius 1 is 1.35 bits per heavy atom. The van der Waals surface area contributed by atoms with Crippen LogP contribution in [0.5, 0.6) is 0 Å². The summed E-state index contributed by atoms with van der Waals surface area (Å²) in [6, 6.07) is 4.10. The zero-order valence-electron chi connectivity index (χ0n) is 9.50. The first-order chi connectivity index (χ1) is 8.06. The van der Waals surface area contributed by atoms with Crippen LogP contribution in [-0.2, 0) is 0 Å². The predicted molar refractivity (Wildman–Crippen MR) is 75.4 cm³/mol. The molecule has 0 amide bonds. The summed E-state index contributed by atoms with van der Waals surface area (Å²) < 4.78 is 0.794. The second-order valence-corrected chi connectivity index (χ2v) is 5.80. The summed E-state index contributed by atoms with van der Waals surface area (Å²) in [7, 11) is 0. The molecule has 2 aromatic heterocycles. The van der Waals surface area contributed by atoms with E-state index in [1.165, 1.54) is 11.3 Å². The summed E-state index contributed by atoms with van der Waals surface area (Å²) in [5.74, 6) is 0. The molecule has 0 saturated heterocycles. The Kier molecular flexibility index (Phi) is 3.92. The number of pyridine rings is 1. The molecule has 2 heterocycles. The van der Waals surface area contributed by atoms with Crippen molar-refractivity contribution in [2.24, 2.45) is 0 Å². The molecule has 0 fully saturated rings. The Morgan fingerprint density at radius 2 is 2.12 bits per heavy atom. The quantitative estimate of drug-likeness (QED) is 0.809. The summed E-state index contributed by atoms with van der Waals surface area (Å²) in [5.41, 5.74) is 3.08. The molecular formula is C12H12Cl2N2S. The minimum absolute atomic E-state index is 0.153. The highest BCUT2D eigenvalue weighted by atomic mass is 35.5. The van der Waals surface area contributed by atoms with E-state index in [0.29, 0.717) is 5.15 Å². The normalized spacial score (nSPS) is 12.5. The molecule has 0 aromatic carbocycles. The summed E-state index contributed by atoms with van der Waals surface area (Å²) in [6.07, 6.45) is 1.75. The molecule has 0 bridgehead atoms. The summed E-state index contributed by atoms with van der Waals surface area (Å²) in [6.45, 7) is 4.05. The fourth-order valence-corrected chi connectivity index (χ4v) is 2.66. The van der Waals surface area contributed by atoms with Gasteiger partial charge in [0.1, 0.15) is 0 Å². The van der Waals surface area contributed by atoms with Gasteiger partial charge in [-0.25, -0.2) is 4.98 Å². The van der Waals surface area contributed by atoms with Crippen LogP contribution in [0.25, 0.3) is 0 Å². The Hall–Kier alpha value is -0.770. The third-order valence-electron chi connectivity index (χ3n) is 2.44. The van der Waals surface area contributed by atoms with Crippen molar-refractivity contribution in [3.8, 4) is 0 Å². The van der Waals surface area contributed by atoms with Gasteiger partial charge in [-0.05, 0) is 42.5 Å². The molecule has 1 unspecified atom stereocenters. The van der Waals surface area contributed by atoms with E-state index in [0.717, 1.165) is 21.2 Å². The predicted octanol–water partition coefficient (Wildman–Crippen LogP) is 4.93. The number of rotatable bonds is 3. The number of anilines is 1. The average molecular weight is 287 g/mol. The van der Waals surface area contributed by atoms with Crippen molar-refractivity contribution in [1.82, 2.24) is 4.98 Å². The lowest BCUT2D eigenvalue weighted by Gasteiger charge is -2.15. The van der Waals surface area contributed by atoms with Crippen molar-refractivity contribution in [2.75, 3.05) is 5.32 Å². The van der Waals surface area contributed by atoms with Crippen molar-refractivity contribution in [3.63, 3.8) is 0 Å². The van der Waals surface area contributed by atoms with Crippen molar-refractivity contribution in [3.05, 3.63) is 44.3 Å². The highest BCUT2D eigenvalue weighted by molar-refractivity contribution is 7.14. The standard InChI is InChI=1S/C12H12Cl2N2S/c1-7-3-10(12(14)15-5-7)16-8(2)9-4-11(13)17-6-9/h3-6,8,16H,1-2H3. The molecule has 2 rings (SSSR count). The molecule has 1 atom stereocenters. The topological polar surface area (TPSA) is 24.9 Å². The van der Waals surface area contributed by atoms with E-state index in [4.69, 9.17) is 23.2 Å². The van der Waals surface area contributed by atoms with Crippen LogP contribution in [-0.4, -0.2) is 4.98 Å². The fraction of sp³-hybridized carbons (Fsp3) is 0.250. The van der Waals surface area contributed by atoms with Gasteiger partial charge in [-0.3, -0.25) is 0 Å². The van der Waals surface area contributed by atoms with E-state index >= 15 is 0 Å². The second kappa shape index (κ2) is 5.25. The van der Waals surface area contributed by atoms with E-state index in [-0.39, 0.29) is 6.04 Å². The molecule has 0 saturated carbocycles. The first kappa shape index (κ1) is 12.7. The number of hydrogen-bond donors (Lipinski definition) is 1. The Balaban J connectivity index is 2.18. The lowest BCUT2D eigenvalue weighted by atomic mass is 10.1. The van der Waals surface area contributed by atoms with Crippen molar-refractivity contribution in [2.45, 2.75) is 19.9 Å². The van der Waals surface area contributed by atoms with Gasteiger partial charge in [-0.15, -0.1) is 11.3 Å². The van der Waals surface area contributed by atoms with Gasteiger partial charge in [0.25, 0.3) is 0 Å². The fourth-order valence-electron chi connectivity index (χ4n) is 1.52. The molecular weight excluding hydrogens is 275 g/mol. The highest BCUT2D eigenvalue weighted by Gasteiger charge is 2.10. The minimum atomic E-state index is 0.153. The van der Waals surface area contributed by atoms with Crippen LogP contribution in [0.1, 0.15) is 24.1 Å². The van der Waals surface area contributed by atoms with Crippen LogP contribution in [0, 0.1) is 6.92 Å². The largest absolute Gasteiger partial charge is 0.376 e. The third-order valence-corrected chi connectivity index (χ3v) is 3.85. The summed E-state index contributed by atoms with van der Waals surface area (Å²) >= 11 is 13.5. The van der Waals surface area contributed by atoms with Gasteiger partial charge in [0, 0.05) is 12.2 Å². The maximum absolute atomic E-state index is 6.04. The van der Waals surface area contributed by atoms with E-state index < -0.39 is 0 Å². The zero-order chi connectivity index (χ0) is 12.4. The molecule has 5 heteroatoms. The third kappa shape index (κ3) is 3.12. The zero-order valence-corrected chi connectivity index (χ0v) is 11.8. The molecule has 2 aromatic rings. The van der Waals surface area contributed by atoms with Gasteiger partial charge >= 0.3 is 0 Å². The Bertz CT molecular complexity index is 525. The lowest BCUT2D eigenvalue weighted by molar-refractivity contribution is 0.888. The highest BCUT2D eigenvalue weighted by Crippen LogP contribution is 2.29. The number of nitrogens with zero attached hydrogens (tertiary/aromatic N) is 1. The van der Waals surface area contributed by atoms with Crippen LogP contribution in [0.3, 0.4) is 0 Å². The van der Waals surface area contributed by atoms with Gasteiger partial charge in [0.05, 0.1) is 10.0 Å². The summed E-state index contributed by atoms with van der Waals surface area (Å²) in [4.78, 5) is 4.11. The van der Waals surface area contributed by atoms with Gasteiger partial charge in [0.2, 0.25) is 0 Å². The van der Waals surface area contributed by atoms with Crippen LogP contribution in [0.15, 0.2) is 23.7 Å². The van der Waals surface area contributed by atoms with Gasteiger partial charge in [-0.1, -0.05) is 23.2 Å². The van der Waals surface area contributed by atoms with E-state index in [1.807, 2.05) is 24.4 Å². The van der Waals surface area contributed by atoms with E-state index in [1.54, 1.807) is 6.20 Å². The Labute approximate surface area is 115 Å². The molecule has 0 aliphatic rings. The summed E-state index contributed by atoms with van der Waals surface area (Å²) in [5, 5.41) is 5.86. The Morgan fingerprint density at radius 3 is 2.76 bits per heavy atom. The smallest absolute Gasteiger partial charge is 0.152 e. The maximum Gasteiger partial charge on any atom is 0.152 e. The number of nitrogens with one attached hydrogen (secondary N) is 1. The second-order valence-electron chi connectivity index (χ2n) is 3.90. The van der Waals surface area contributed by atoms with Crippen molar-refractivity contribution >= 4 is 40.2 Å². The average Bonchev–Trinajstić information content (AvgIpc) is 2.70. The molecule has 90 valence electrons. The molecule has 0 spiro atoms. The molecule has 17 heavy (non-hydrogen) atoms. The number of halogens is 2. The first-order valence-electron chi connectivity index (χ1n) is 5.19. The molecule has 0 aliphatic carbocycles. The lowest BCUT2D eigenvalue weighted by Crippen LogP contribution is -2.06. The molecule has 2 nitrogen and oxygen atoms in total. The minimum Gasteiger partial charge on any atom is -0.376 e. The van der Waals surface area contributed by atoms with Crippen LogP contribution in [0.2, 0.25) is 9.49 Å². The van der Waals surface area contributed by atoms with Crippen molar-refractivity contribution in [1.29, 1.82) is 0 Å². The van der Waals surface area contributed by atoms with Gasteiger partial charge < -0.3 is 5.32 Å². The SMILES string of the molecule is Cc1cnc(Cl)c(NC(C)c2csc(Cl)c2)c1. The molecule has 0 radical (unpaired) electrons. The van der Waals surface area contributed by atoms with Crippen molar-refractivity contribution < 1.29 is 0 Å². The number of hydrogen-bond acceptors (Lipinski definition) is 3. The monoisotopic (exact) mass is 286 g/mol. The molecule has 0 aliphatic heterocycles. The number of thiophene rings is 1. The van der Waals surface area contributed by atoms with Gasteiger partial charge in [0.15, 0.2) is 5.15 Å². The first-order valence-corrected chi connectivity index (χ1v) is 6.82. The van der Waals surface area contributed by atoms with Crippen LogP contribution < -0.4 is 5.32 Å². The maximum atomic E-state index is 6.04.